The summed E-state index contributed by atoms with van der Waals surface area (Å²) in [6.45, 7) is 6.26. The normalized spacial score (nSPS) is 22.8. The van der Waals surface area contributed by atoms with E-state index in [0.717, 1.165) is 26.2 Å². The van der Waals surface area contributed by atoms with Gasteiger partial charge in [-0.15, -0.1) is 0 Å². The predicted molar refractivity (Wildman–Crippen MR) is 53.7 cm³/mol. The Morgan fingerprint density at radius 1 is 1.46 bits per heavy atom. The summed E-state index contributed by atoms with van der Waals surface area (Å²) in [6, 6.07) is 0.659. The third-order valence-electron chi connectivity index (χ3n) is 2.64. The maximum absolute atomic E-state index is 12.0. The minimum Gasteiger partial charge on any atom is -0.315 e. The summed E-state index contributed by atoms with van der Waals surface area (Å²) in [5.74, 6) is 0. The van der Waals surface area contributed by atoms with Gasteiger partial charge in [0, 0.05) is 19.1 Å². The van der Waals surface area contributed by atoms with Crippen molar-refractivity contribution in [3.63, 3.8) is 0 Å². The van der Waals surface area contributed by atoms with Gasteiger partial charge in [0.15, 0.2) is 0 Å². The summed E-state index contributed by atoms with van der Waals surface area (Å²) in [5, 5.41) is 3.35. The molecular formula is C10H21FN2. The lowest BCUT2D eigenvalue weighted by atomic mass is 10.2. The van der Waals surface area contributed by atoms with E-state index in [-0.39, 0.29) is 6.67 Å². The van der Waals surface area contributed by atoms with Gasteiger partial charge in [-0.05, 0) is 32.4 Å². The molecule has 0 bridgehead atoms. The third-order valence-corrected chi connectivity index (χ3v) is 2.64. The van der Waals surface area contributed by atoms with Crippen LogP contribution in [0, 0.1) is 0 Å². The molecule has 0 saturated carbocycles. The van der Waals surface area contributed by atoms with Crippen molar-refractivity contribution in [2.45, 2.75) is 32.2 Å². The largest absolute Gasteiger partial charge is 0.315 e. The smallest absolute Gasteiger partial charge is 0.0906 e. The molecule has 78 valence electrons. The molecule has 0 aromatic rings. The lowest BCUT2D eigenvalue weighted by Crippen LogP contribution is -2.38. The van der Waals surface area contributed by atoms with Crippen molar-refractivity contribution in [1.29, 1.82) is 0 Å². The van der Waals surface area contributed by atoms with Crippen LogP contribution < -0.4 is 5.32 Å². The van der Waals surface area contributed by atoms with E-state index in [2.05, 4.69) is 17.1 Å². The van der Waals surface area contributed by atoms with Crippen LogP contribution in [0.2, 0.25) is 0 Å². The minimum absolute atomic E-state index is 0.180. The van der Waals surface area contributed by atoms with Gasteiger partial charge < -0.3 is 5.32 Å². The Kier molecular flexibility index (Phi) is 5.32. The second-order valence-electron chi connectivity index (χ2n) is 3.73. The quantitative estimate of drug-likeness (QED) is 0.678. The number of hydrogen-bond donors (Lipinski definition) is 1. The molecule has 1 aliphatic heterocycles. The lowest BCUT2D eigenvalue weighted by molar-refractivity contribution is 0.199. The Balaban J connectivity index is 2.26. The molecular weight excluding hydrogens is 167 g/mol. The maximum Gasteiger partial charge on any atom is 0.0906 e. The molecule has 13 heavy (non-hydrogen) atoms. The van der Waals surface area contributed by atoms with Gasteiger partial charge in [0.25, 0.3) is 0 Å². The first kappa shape index (κ1) is 10.9. The summed E-state index contributed by atoms with van der Waals surface area (Å²) in [6.07, 6.45) is 3.09. The molecule has 0 aromatic heterocycles. The lowest BCUT2D eigenvalue weighted by Gasteiger charge is -2.27. The molecule has 1 atom stereocenters. The topological polar surface area (TPSA) is 15.3 Å². The summed E-state index contributed by atoms with van der Waals surface area (Å²) < 4.78 is 12.0. The molecule has 1 rings (SSSR count). The van der Waals surface area contributed by atoms with E-state index < -0.39 is 0 Å². The van der Waals surface area contributed by atoms with Crippen molar-refractivity contribution >= 4 is 0 Å². The molecule has 0 spiro atoms. The number of alkyl halides is 1. The molecule has 1 unspecified atom stereocenters. The van der Waals surface area contributed by atoms with Gasteiger partial charge in [0.05, 0.1) is 6.67 Å². The van der Waals surface area contributed by atoms with E-state index >= 15 is 0 Å². The van der Waals surface area contributed by atoms with Crippen LogP contribution >= 0.6 is 0 Å². The Labute approximate surface area is 80.5 Å². The first-order valence-electron chi connectivity index (χ1n) is 5.39. The Morgan fingerprint density at radius 3 is 2.85 bits per heavy atom. The summed E-state index contributed by atoms with van der Waals surface area (Å²) in [7, 11) is 0. The van der Waals surface area contributed by atoms with Crippen LogP contribution in [0.1, 0.15) is 26.2 Å². The number of nitrogens with zero attached hydrogens (tertiary/aromatic N) is 1. The van der Waals surface area contributed by atoms with Gasteiger partial charge in [-0.1, -0.05) is 6.92 Å². The molecule has 1 heterocycles. The fraction of sp³-hybridized carbons (Fsp3) is 1.00. The van der Waals surface area contributed by atoms with Gasteiger partial charge in [0.2, 0.25) is 0 Å². The molecule has 3 heteroatoms. The number of nitrogens with one attached hydrogen (secondary N) is 1. The number of rotatable bonds is 6. The van der Waals surface area contributed by atoms with Gasteiger partial charge in [-0.25, -0.2) is 0 Å². The fourth-order valence-electron chi connectivity index (χ4n) is 1.98. The van der Waals surface area contributed by atoms with E-state index in [1.807, 2.05) is 0 Å². The standard InChI is InChI=1S/C10H21FN2/c1-2-7-13(8-3-5-11)10-4-6-12-9-10/h10,12H,2-9H2,1H3. The maximum atomic E-state index is 12.0. The van der Waals surface area contributed by atoms with Crippen LogP contribution in [0.3, 0.4) is 0 Å². The van der Waals surface area contributed by atoms with E-state index in [9.17, 15) is 4.39 Å². The average molecular weight is 188 g/mol. The zero-order chi connectivity index (χ0) is 9.52. The van der Waals surface area contributed by atoms with E-state index in [4.69, 9.17) is 0 Å². The van der Waals surface area contributed by atoms with Gasteiger partial charge in [-0.3, -0.25) is 9.29 Å². The molecule has 0 amide bonds. The van der Waals surface area contributed by atoms with Gasteiger partial charge in [0.1, 0.15) is 0 Å². The van der Waals surface area contributed by atoms with Crippen molar-refractivity contribution in [3.8, 4) is 0 Å². The van der Waals surface area contributed by atoms with Crippen LogP contribution in [0.15, 0.2) is 0 Å². The van der Waals surface area contributed by atoms with Crippen LogP contribution in [0.4, 0.5) is 4.39 Å². The first-order valence-corrected chi connectivity index (χ1v) is 5.39. The highest BCUT2D eigenvalue weighted by Crippen LogP contribution is 2.09. The minimum atomic E-state index is -0.180. The predicted octanol–water partition coefficient (Wildman–Crippen LogP) is 1.42. The zero-order valence-corrected chi connectivity index (χ0v) is 8.56. The van der Waals surface area contributed by atoms with Gasteiger partial charge in [-0.2, -0.15) is 0 Å². The van der Waals surface area contributed by atoms with Crippen molar-refractivity contribution in [3.05, 3.63) is 0 Å². The number of hydrogen-bond acceptors (Lipinski definition) is 2. The molecule has 1 saturated heterocycles. The summed E-state index contributed by atoms with van der Waals surface area (Å²) in [4.78, 5) is 2.43. The second-order valence-corrected chi connectivity index (χ2v) is 3.73. The average Bonchev–Trinajstić information content (AvgIpc) is 2.65. The molecule has 0 radical (unpaired) electrons. The van der Waals surface area contributed by atoms with Crippen molar-refractivity contribution in [1.82, 2.24) is 10.2 Å². The van der Waals surface area contributed by atoms with Crippen LogP contribution in [0.5, 0.6) is 0 Å². The van der Waals surface area contributed by atoms with E-state index in [0.29, 0.717) is 12.5 Å². The summed E-state index contributed by atoms with van der Waals surface area (Å²) >= 11 is 0. The van der Waals surface area contributed by atoms with E-state index in [1.165, 1.54) is 12.8 Å². The van der Waals surface area contributed by atoms with Crippen molar-refractivity contribution < 1.29 is 4.39 Å². The first-order chi connectivity index (χ1) is 6.38. The zero-order valence-electron chi connectivity index (χ0n) is 8.56. The van der Waals surface area contributed by atoms with Gasteiger partial charge >= 0.3 is 0 Å². The molecule has 0 aromatic carbocycles. The highest BCUT2D eigenvalue weighted by molar-refractivity contribution is 4.80. The molecule has 0 aliphatic carbocycles. The highest BCUT2D eigenvalue weighted by Gasteiger charge is 2.20. The van der Waals surface area contributed by atoms with Crippen molar-refractivity contribution in [2.75, 3.05) is 32.9 Å². The molecule has 1 aliphatic rings. The van der Waals surface area contributed by atoms with Crippen molar-refractivity contribution in [2.24, 2.45) is 0 Å². The third kappa shape index (κ3) is 3.61. The van der Waals surface area contributed by atoms with E-state index in [1.54, 1.807) is 0 Å². The Bertz CT molecular complexity index is 124. The highest BCUT2D eigenvalue weighted by atomic mass is 19.1. The summed E-state index contributed by atoms with van der Waals surface area (Å²) in [5.41, 5.74) is 0. The van der Waals surface area contributed by atoms with Crippen LogP contribution in [0.25, 0.3) is 0 Å². The molecule has 1 N–H and O–H groups in total. The SMILES string of the molecule is CCCN(CCCF)C1CCNC1. The Morgan fingerprint density at radius 2 is 2.31 bits per heavy atom. The monoisotopic (exact) mass is 188 g/mol. The Hall–Kier alpha value is -0.150. The van der Waals surface area contributed by atoms with Crippen LogP contribution in [-0.4, -0.2) is 43.8 Å². The molecule has 1 fully saturated rings. The fourth-order valence-corrected chi connectivity index (χ4v) is 1.98. The molecule has 2 nitrogen and oxygen atoms in total. The van der Waals surface area contributed by atoms with Crippen LogP contribution in [-0.2, 0) is 0 Å². The number of halogens is 1. The second kappa shape index (κ2) is 6.33.